The summed E-state index contributed by atoms with van der Waals surface area (Å²) in [6.45, 7) is 0. The van der Waals surface area contributed by atoms with E-state index in [4.69, 9.17) is 40.5 Å². The molecule has 0 aliphatic heterocycles. The van der Waals surface area contributed by atoms with Gasteiger partial charge in [0.05, 0.1) is 43.8 Å². The molecule has 0 spiro atoms. The molecular weight excluding hydrogens is 329 g/mol. The predicted octanol–water partition coefficient (Wildman–Crippen LogP) is 5.52. The van der Waals surface area contributed by atoms with Crippen LogP contribution >= 0.6 is 34.8 Å². The third-order valence-corrected chi connectivity index (χ3v) is 4.11. The van der Waals surface area contributed by atoms with Crippen molar-refractivity contribution >= 4 is 62.8 Å². The summed E-state index contributed by atoms with van der Waals surface area (Å²) in [4.78, 5) is 4.29. The Morgan fingerprint density at radius 3 is 2.48 bits per heavy atom. The number of fused-ring (bicyclic) bond motifs is 1. The number of para-hydroxylation sites is 1. The molecule has 21 heavy (non-hydrogen) atoms. The Labute approximate surface area is 136 Å². The van der Waals surface area contributed by atoms with E-state index in [0.29, 0.717) is 26.4 Å². The molecule has 0 radical (unpaired) electrons. The van der Waals surface area contributed by atoms with Gasteiger partial charge in [0.1, 0.15) is 0 Å². The molecule has 3 nitrogen and oxygen atoms in total. The largest absolute Gasteiger partial charge is 0.396 e. The number of hydrogen-bond donors (Lipinski definition) is 2. The summed E-state index contributed by atoms with van der Waals surface area (Å²) in [7, 11) is 0. The lowest BCUT2D eigenvalue weighted by atomic mass is 10.1. The van der Waals surface area contributed by atoms with Crippen LogP contribution in [-0.4, -0.2) is 4.98 Å². The van der Waals surface area contributed by atoms with Crippen molar-refractivity contribution in [1.82, 2.24) is 4.98 Å². The molecule has 0 fully saturated rings. The first-order valence-electron chi connectivity index (χ1n) is 6.11. The monoisotopic (exact) mass is 337 g/mol. The molecule has 2 aromatic carbocycles. The summed E-state index contributed by atoms with van der Waals surface area (Å²) in [6, 6.07) is 10.9. The van der Waals surface area contributed by atoms with E-state index in [1.807, 2.05) is 24.3 Å². The third-order valence-electron chi connectivity index (χ3n) is 3.07. The quantitative estimate of drug-likeness (QED) is 0.605. The van der Waals surface area contributed by atoms with Gasteiger partial charge in [0.15, 0.2) is 0 Å². The van der Waals surface area contributed by atoms with Crippen LogP contribution in [0.2, 0.25) is 15.1 Å². The number of aromatic nitrogens is 1. The number of nitrogens with two attached hydrogens (primary N) is 1. The van der Waals surface area contributed by atoms with Crippen molar-refractivity contribution in [2.75, 3.05) is 11.1 Å². The molecule has 0 saturated carbocycles. The van der Waals surface area contributed by atoms with E-state index in [9.17, 15) is 0 Å². The average molecular weight is 339 g/mol. The van der Waals surface area contributed by atoms with Crippen LogP contribution in [0.4, 0.5) is 17.1 Å². The summed E-state index contributed by atoms with van der Waals surface area (Å²) in [5.74, 6) is 0. The molecule has 1 heterocycles. The van der Waals surface area contributed by atoms with Crippen molar-refractivity contribution in [3.63, 3.8) is 0 Å². The third kappa shape index (κ3) is 2.72. The van der Waals surface area contributed by atoms with Gasteiger partial charge in [-0.3, -0.25) is 4.98 Å². The molecule has 106 valence electrons. The number of nitrogen functional groups attached to an aromatic ring is 1. The van der Waals surface area contributed by atoms with Crippen LogP contribution in [-0.2, 0) is 0 Å². The maximum atomic E-state index is 6.19. The number of hydrogen-bond acceptors (Lipinski definition) is 3. The van der Waals surface area contributed by atoms with Gasteiger partial charge in [-0.25, -0.2) is 0 Å². The Morgan fingerprint density at radius 2 is 1.67 bits per heavy atom. The van der Waals surface area contributed by atoms with Crippen molar-refractivity contribution in [3.8, 4) is 0 Å². The zero-order valence-electron chi connectivity index (χ0n) is 10.7. The van der Waals surface area contributed by atoms with Crippen LogP contribution in [0.3, 0.4) is 0 Å². The van der Waals surface area contributed by atoms with Gasteiger partial charge in [-0.15, -0.1) is 0 Å². The molecule has 3 rings (SSSR count). The molecule has 0 atom stereocenters. The first kappa shape index (κ1) is 14.3. The number of pyridine rings is 1. The molecular formula is C15H10Cl3N3. The van der Waals surface area contributed by atoms with Gasteiger partial charge in [-0.2, -0.15) is 0 Å². The molecule has 1 aromatic heterocycles. The summed E-state index contributed by atoms with van der Waals surface area (Å²) in [6.07, 6.45) is 1.61. The molecule has 0 bridgehead atoms. The van der Waals surface area contributed by atoms with Gasteiger partial charge < -0.3 is 11.1 Å². The highest BCUT2D eigenvalue weighted by molar-refractivity contribution is 6.44. The standard InChI is InChI=1S/C15H10Cl3N3/c16-9-5-11(18)14(6-10(9)17)21-15-8-3-1-2-4-13(8)20-7-12(15)19/h1-7H,19H2,(H,20,21). The van der Waals surface area contributed by atoms with Gasteiger partial charge in [0, 0.05) is 5.39 Å². The SMILES string of the molecule is Nc1cnc2ccccc2c1Nc1cc(Cl)c(Cl)cc1Cl. The molecule has 0 aliphatic carbocycles. The van der Waals surface area contributed by atoms with E-state index < -0.39 is 0 Å². The van der Waals surface area contributed by atoms with Gasteiger partial charge in [-0.05, 0) is 18.2 Å². The van der Waals surface area contributed by atoms with Crippen molar-refractivity contribution in [1.29, 1.82) is 0 Å². The minimum atomic E-state index is 0.403. The minimum Gasteiger partial charge on any atom is -0.396 e. The fourth-order valence-electron chi connectivity index (χ4n) is 2.05. The lowest BCUT2D eigenvalue weighted by Gasteiger charge is -2.14. The molecule has 3 aromatic rings. The zero-order chi connectivity index (χ0) is 15.0. The summed E-state index contributed by atoms with van der Waals surface area (Å²) in [5, 5.41) is 5.40. The topological polar surface area (TPSA) is 50.9 Å². The first-order valence-corrected chi connectivity index (χ1v) is 7.24. The molecule has 0 saturated heterocycles. The van der Waals surface area contributed by atoms with E-state index in [1.54, 1.807) is 18.3 Å². The summed E-state index contributed by atoms with van der Waals surface area (Å²) in [5.41, 5.74) is 8.76. The normalized spacial score (nSPS) is 10.8. The van der Waals surface area contributed by atoms with Crippen LogP contribution in [0.25, 0.3) is 10.9 Å². The van der Waals surface area contributed by atoms with Crippen LogP contribution in [0.1, 0.15) is 0 Å². The summed E-state index contributed by atoms with van der Waals surface area (Å²) >= 11 is 18.2. The molecule has 3 N–H and O–H groups in total. The minimum absolute atomic E-state index is 0.403. The molecule has 0 aliphatic rings. The number of benzene rings is 2. The zero-order valence-corrected chi connectivity index (χ0v) is 13.0. The number of nitrogens with zero attached hydrogens (tertiary/aromatic N) is 1. The van der Waals surface area contributed by atoms with Crippen molar-refractivity contribution < 1.29 is 0 Å². The Bertz CT molecular complexity index is 834. The van der Waals surface area contributed by atoms with Crippen LogP contribution in [0.15, 0.2) is 42.6 Å². The van der Waals surface area contributed by atoms with Gasteiger partial charge >= 0.3 is 0 Å². The fourth-order valence-corrected chi connectivity index (χ4v) is 2.64. The Hall–Kier alpha value is -1.68. The first-order chi connectivity index (χ1) is 10.1. The molecule has 0 amide bonds. The molecule has 0 unspecified atom stereocenters. The molecule has 6 heteroatoms. The Balaban J connectivity index is 2.14. The number of halogens is 3. The summed E-state index contributed by atoms with van der Waals surface area (Å²) < 4.78 is 0. The number of nitrogens with one attached hydrogen (secondary N) is 1. The Morgan fingerprint density at radius 1 is 0.952 bits per heavy atom. The highest BCUT2D eigenvalue weighted by Gasteiger charge is 2.11. The van der Waals surface area contributed by atoms with E-state index in [1.165, 1.54) is 0 Å². The van der Waals surface area contributed by atoms with E-state index >= 15 is 0 Å². The van der Waals surface area contributed by atoms with Crippen molar-refractivity contribution in [2.24, 2.45) is 0 Å². The second-order valence-corrected chi connectivity index (χ2v) is 5.70. The highest BCUT2D eigenvalue weighted by atomic mass is 35.5. The van der Waals surface area contributed by atoms with Gasteiger partial charge in [0.2, 0.25) is 0 Å². The van der Waals surface area contributed by atoms with E-state index in [2.05, 4.69) is 10.3 Å². The lowest BCUT2D eigenvalue weighted by molar-refractivity contribution is 1.40. The predicted molar refractivity (Wildman–Crippen MR) is 90.9 cm³/mol. The van der Waals surface area contributed by atoms with E-state index in [-0.39, 0.29) is 0 Å². The van der Waals surface area contributed by atoms with Crippen LogP contribution in [0.5, 0.6) is 0 Å². The number of anilines is 3. The lowest BCUT2D eigenvalue weighted by Crippen LogP contribution is -1.99. The van der Waals surface area contributed by atoms with Gasteiger partial charge in [-0.1, -0.05) is 53.0 Å². The van der Waals surface area contributed by atoms with Crippen molar-refractivity contribution in [3.05, 3.63) is 57.7 Å². The highest BCUT2D eigenvalue weighted by Crippen LogP contribution is 2.37. The van der Waals surface area contributed by atoms with Gasteiger partial charge in [0.25, 0.3) is 0 Å². The average Bonchev–Trinajstić information content (AvgIpc) is 2.47. The Kier molecular flexibility index (Phi) is 3.81. The van der Waals surface area contributed by atoms with Crippen LogP contribution in [0, 0.1) is 0 Å². The van der Waals surface area contributed by atoms with Crippen molar-refractivity contribution in [2.45, 2.75) is 0 Å². The van der Waals surface area contributed by atoms with Crippen LogP contribution < -0.4 is 11.1 Å². The second-order valence-electron chi connectivity index (χ2n) is 4.48. The second kappa shape index (κ2) is 5.60. The maximum Gasteiger partial charge on any atom is 0.0746 e. The fraction of sp³-hybridized carbons (Fsp3) is 0. The smallest absolute Gasteiger partial charge is 0.0746 e. The number of rotatable bonds is 2. The maximum absolute atomic E-state index is 6.19. The van der Waals surface area contributed by atoms with E-state index in [0.717, 1.165) is 16.6 Å².